The van der Waals surface area contributed by atoms with Crippen LogP contribution >= 0.6 is 0 Å². The number of nitrogens with one attached hydrogen (secondary N) is 1. The summed E-state index contributed by atoms with van der Waals surface area (Å²) < 4.78 is 64.9. The number of carbonyl (C=O) groups is 1. The van der Waals surface area contributed by atoms with Gasteiger partial charge in [0, 0.05) is 38.3 Å². The van der Waals surface area contributed by atoms with Crippen molar-refractivity contribution in [3.8, 4) is 5.75 Å². The van der Waals surface area contributed by atoms with Gasteiger partial charge in [-0.15, -0.1) is 13.2 Å². The molecule has 1 aromatic heterocycles. The summed E-state index contributed by atoms with van der Waals surface area (Å²) >= 11 is 0. The summed E-state index contributed by atoms with van der Waals surface area (Å²) in [5.41, 5.74) is 1.61. The van der Waals surface area contributed by atoms with Crippen LogP contribution in [-0.4, -0.2) is 60.2 Å². The molecule has 1 saturated carbocycles. The second-order valence-electron chi connectivity index (χ2n) is 8.04. The normalized spacial score (nSPS) is 17.1. The molecular formula is C20H21F3N4O4S. The molecule has 4 rings (SSSR count). The van der Waals surface area contributed by atoms with E-state index in [1.165, 1.54) is 29.4 Å². The average Bonchev–Trinajstić information content (AvgIpc) is 3.48. The number of rotatable bonds is 7. The first-order chi connectivity index (χ1) is 15.0. The van der Waals surface area contributed by atoms with Crippen molar-refractivity contribution in [1.29, 1.82) is 0 Å². The Morgan fingerprint density at radius 2 is 1.84 bits per heavy atom. The summed E-state index contributed by atoms with van der Waals surface area (Å²) in [6, 6.07) is 4.55. The minimum Gasteiger partial charge on any atom is -0.406 e. The lowest BCUT2D eigenvalue weighted by molar-refractivity contribution is -0.274. The summed E-state index contributed by atoms with van der Waals surface area (Å²) in [7, 11) is -3.18. The van der Waals surface area contributed by atoms with E-state index in [4.69, 9.17) is 0 Å². The molecule has 2 heterocycles. The third-order valence-corrected chi connectivity index (χ3v) is 6.87. The molecule has 1 aliphatic carbocycles. The average molecular weight is 470 g/mol. The summed E-state index contributed by atoms with van der Waals surface area (Å²) in [6.07, 6.45) is 0.887. The molecule has 2 fully saturated rings. The molecule has 172 valence electrons. The predicted octanol–water partition coefficient (Wildman–Crippen LogP) is 2.73. The molecule has 0 bridgehead atoms. The summed E-state index contributed by atoms with van der Waals surface area (Å²) in [6.45, 7) is 0.443. The number of amides is 1. The van der Waals surface area contributed by atoms with Crippen LogP contribution in [0, 0.1) is 0 Å². The van der Waals surface area contributed by atoms with Crippen molar-refractivity contribution in [3.05, 3.63) is 47.3 Å². The molecule has 2 aromatic rings. The highest BCUT2D eigenvalue weighted by molar-refractivity contribution is 7.91. The molecule has 12 heteroatoms. The summed E-state index contributed by atoms with van der Waals surface area (Å²) in [5.74, 6) is -0.171. The highest BCUT2D eigenvalue weighted by atomic mass is 32.2. The van der Waals surface area contributed by atoms with Gasteiger partial charge in [0.25, 0.3) is 5.91 Å². The van der Waals surface area contributed by atoms with Crippen molar-refractivity contribution in [2.45, 2.75) is 36.9 Å². The van der Waals surface area contributed by atoms with Gasteiger partial charge in [-0.1, -0.05) is 6.07 Å². The predicted molar refractivity (Wildman–Crippen MR) is 109 cm³/mol. The number of halogens is 3. The standard InChI is InChI=1S/C20H21F3N4O4S/c1-32(29,30)17-10-27(11-17)18(28)15-8-25-19(26-9-15)24-7-12-4-14(13-2-3-13)6-16(5-12)31-20(21,22)23/h4-6,8-9,13,17H,2-3,7,10-11H2,1H3,(H,24,25,26). The van der Waals surface area contributed by atoms with Crippen LogP contribution in [0.5, 0.6) is 5.75 Å². The Morgan fingerprint density at radius 3 is 2.41 bits per heavy atom. The zero-order valence-corrected chi connectivity index (χ0v) is 17.9. The SMILES string of the molecule is CS(=O)(=O)C1CN(C(=O)c2cnc(NCc3cc(OC(F)(F)F)cc(C4CC4)c3)nc2)C1. The van der Waals surface area contributed by atoms with E-state index in [1.807, 2.05) is 6.07 Å². The second kappa shape index (κ2) is 8.23. The molecule has 1 saturated heterocycles. The number of hydrogen-bond acceptors (Lipinski definition) is 7. The Bertz CT molecular complexity index is 1110. The van der Waals surface area contributed by atoms with Crippen LogP contribution in [0.1, 0.15) is 40.2 Å². The Kier molecular flexibility index (Phi) is 5.74. The molecule has 0 unspecified atom stereocenters. The summed E-state index contributed by atoms with van der Waals surface area (Å²) in [4.78, 5) is 21.9. The van der Waals surface area contributed by atoms with Gasteiger partial charge in [-0.25, -0.2) is 18.4 Å². The molecule has 1 N–H and O–H groups in total. The maximum Gasteiger partial charge on any atom is 0.573 e. The minimum absolute atomic E-state index is 0.136. The zero-order chi connectivity index (χ0) is 23.1. The van der Waals surface area contributed by atoms with E-state index in [0.29, 0.717) is 5.56 Å². The Morgan fingerprint density at radius 1 is 1.19 bits per heavy atom. The number of aromatic nitrogens is 2. The molecule has 0 radical (unpaired) electrons. The third kappa shape index (κ3) is 5.47. The van der Waals surface area contributed by atoms with E-state index in [-0.39, 0.29) is 48.7 Å². The molecule has 0 atom stereocenters. The molecule has 2 aliphatic rings. The van der Waals surface area contributed by atoms with Crippen LogP contribution in [0.2, 0.25) is 0 Å². The van der Waals surface area contributed by atoms with Crippen LogP contribution in [0.3, 0.4) is 0 Å². The van der Waals surface area contributed by atoms with Gasteiger partial charge in [0.2, 0.25) is 5.95 Å². The first kappa shape index (κ1) is 22.3. The topological polar surface area (TPSA) is 101 Å². The van der Waals surface area contributed by atoms with E-state index in [1.54, 1.807) is 0 Å². The first-order valence-electron chi connectivity index (χ1n) is 9.91. The fourth-order valence-electron chi connectivity index (χ4n) is 3.40. The smallest absolute Gasteiger partial charge is 0.406 e. The van der Waals surface area contributed by atoms with Gasteiger partial charge >= 0.3 is 6.36 Å². The molecule has 1 aromatic carbocycles. The molecule has 8 nitrogen and oxygen atoms in total. The number of anilines is 1. The van der Waals surface area contributed by atoms with E-state index >= 15 is 0 Å². The first-order valence-corrected chi connectivity index (χ1v) is 11.9. The fraction of sp³-hybridized carbons (Fsp3) is 0.450. The van der Waals surface area contributed by atoms with Gasteiger partial charge in [0.1, 0.15) is 5.75 Å². The van der Waals surface area contributed by atoms with Crippen LogP contribution in [-0.2, 0) is 16.4 Å². The fourth-order valence-corrected chi connectivity index (χ4v) is 4.30. The molecule has 1 amide bonds. The van der Waals surface area contributed by atoms with Crippen molar-refractivity contribution in [2.24, 2.45) is 0 Å². The van der Waals surface area contributed by atoms with Gasteiger partial charge in [0.05, 0.1) is 10.8 Å². The van der Waals surface area contributed by atoms with Crippen LogP contribution in [0.4, 0.5) is 19.1 Å². The van der Waals surface area contributed by atoms with Gasteiger partial charge in [-0.05, 0) is 42.0 Å². The molecule has 0 spiro atoms. The zero-order valence-electron chi connectivity index (χ0n) is 17.1. The van der Waals surface area contributed by atoms with Crippen molar-refractivity contribution in [2.75, 3.05) is 24.7 Å². The lowest BCUT2D eigenvalue weighted by Crippen LogP contribution is -2.56. The number of alkyl halides is 3. The maximum absolute atomic E-state index is 12.6. The van der Waals surface area contributed by atoms with Crippen molar-refractivity contribution >= 4 is 21.7 Å². The molecule has 1 aliphatic heterocycles. The number of benzene rings is 1. The number of sulfone groups is 1. The van der Waals surface area contributed by atoms with Gasteiger partial charge < -0.3 is 15.0 Å². The van der Waals surface area contributed by atoms with Crippen molar-refractivity contribution < 1.29 is 31.1 Å². The number of nitrogens with zero attached hydrogens (tertiary/aromatic N) is 3. The van der Waals surface area contributed by atoms with Gasteiger partial charge in [-0.3, -0.25) is 4.79 Å². The maximum atomic E-state index is 12.6. The van der Waals surface area contributed by atoms with E-state index in [0.717, 1.165) is 24.7 Å². The highest BCUT2D eigenvalue weighted by Crippen LogP contribution is 2.42. The van der Waals surface area contributed by atoms with Crippen LogP contribution < -0.4 is 10.1 Å². The lowest BCUT2D eigenvalue weighted by Gasteiger charge is -2.37. The highest BCUT2D eigenvalue weighted by Gasteiger charge is 2.37. The van der Waals surface area contributed by atoms with Crippen LogP contribution in [0.25, 0.3) is 0 Å². The van der Waals surface area contributed by atoms with Gasteiger partial charge in [0.15, 0.2) is 9.84 Å². The monoisotopic (exact) mass is 470 g/mol. The number of carbonyl (C=O) groups excluding carboxylic acids is 1. The van der Waals surface area contributed by atoms with E-state index < -0.39 is 21.4 Å². The van der Waals surface area contributed by atoms with Crippen molar-refractivity contribution in [3.63, 3.8) is 0 Å². The largest absolute Gasteiger partial charge is 0.573 e. The van der Waals surface area contributed by atoms with E-state index in [9.17, 15) is 26.4 Å². The number of hydrogen-bond donors (Lipinski definition) is 1. The Labute approximate surface area is 182 Å². The minimum atomic E-state index is -4.77. The quantitative estimate of drug-likeness (QED) is 0.664. The molecule has 32 heavy (non-hydrogen) atoms. The lowest BCUT2D eigenvalue weighted by atomic mass is 10.1. The Balaban J connectivity index is 1.38. The van der Waals surface area contributed by atoms with Gasteiger partial charge in [-0.2, -0.15) is 0 Å². The number of likely N-dealkylation sites (tertiary alicyclic amines) is 1. The summed E-state index contributed by atoms with van der Waals surface area (Å²) in [5, 5.41) is 2.37. The Hall–Kier alpha value is -2.89. The van der Waals surface area contributed by atoms with E-state index in [2.05, 4.69) is 20.0 Å². The van der Waals surface area contributed by atoms with Crippen molar-refractivity contribution in [1.82, 2.24) is 14.9 Å². The third-order valence-electron chi connectivity index (χ3n) is 5.36. The van der Waals surface area contributed by atoms with Crippen LogP contribution in [0.15, 0.2) is 30.6 Å². The number of ether oxygens (including phenoxy) is 1. The molecular weight excluding hydrogens is 449 g/mol. The second-order valence-corrected chi connectivity index (χ2v) is 10.4.